The van der Waals surface area contributed by atoms with Crippen molar-refractivity contribution in [2.24, 2.45) is 0 Å². The Bertz CT molecular complexity index is 218. The van der Waals surface area contributed by atoms with Gasteiger partial charge in [0.25, 0.3) is 0 Å². The second-order valence-electron chi connectivity index (χ2n) is 1.95. The fraction of sp³-hybridized carbons (Fsp3) is 0.429. The molecule has 1 heterocycles. The Morgan fingerprint density at radius 3 is 3.18 bits per heavy atom. The topological polar surface area (TPSA) is 52.3 Å². The van der Waals surface area contributed by atoms with Crippen molar-refractivity contribution in [2.45, 2.75) is 13.3 Å². The fourth-order valence-corrected chi connectivity index (χ4v) is 0.684. The van der Waals surface area contributed by atoms with Crippen molar-refractivity contribution in [3.63, 3.8) is 0 Å². The Morgan fingerprint density at radius 2 is 2.64 bits per heavy atom. The molecule has 0 amide bonds. The quantitative estimate of drug-likeness (QED) is 0.605. The first kappa shape index (κ1) is 7.78. The summed E-state index contributed by atoms with van der Waals surface area (Å²) in [4.78, 5) is 14.5. The van der Waals surface area contributed by atoms with E-state index in [-0.39, 0.29) is 12.4 Å². The van der Waals surface area contributed by atoms with Crippen LogP contribution in [-0.2, 0) is 16.0 Å². The van der Waals surface area contributed by atoms with Crippen LogP contribution in [0.1, 0.15) is 12.7 Å². The minimum atomic E-state index is -0.288. The first-order valence-electron chi connectivity index (χ1n) is 3.36. The summed E-state index contributed by atoms with van der Waals surface area (Å²) in [6.07, 6.45) is 2.94. The first-order chi connectivity index (χ1) is 5.33. The number of aromatic nitrogens is 1. The zero-order valence-corrected chi connectivity index (χ0v) is 6.24. The number of rotatable bonds is 3. The summed E-state index contributed by atoms with van der Waals surface area (Å²) in [5.74, 6) is 0.243. The molecule has 4 heteroatoms. The van der Waals surface area contributed by atoms with Gasteiger partial charge in [0, 0.05) is 0 Å². The van der Waals surface area contributed by atoms with Gasteiger partial charge in [-0.2, -0.15) is 0 Å². The van der Waals surface area contributed by atoms with Gasteiger partial charge < -0.3 is 9.15 Å². The molecular weight excluding hydrogens is 146 g/mol. The van der Waals surface area contributed by atoms with Crippen molar-refractivity contribution in [2.75, 3.05) is 6.61 Å². The highest BCUT2D eigenvalue weighted by molar-refractivity contribution is 5.71. The van der Waals surface area contributed by atoms with Crippen molar-refractivity contribution in [3.8, 4) is 0 Å². The molecule has 0 aliphatic heterocycles. The van der Waals surface area contributed by atoms with Crippen LogP contribution in [0.15, 0.2) is 17.0 Å². The minimum Gasteiger partial charge on any atom is -0.466 e. The van der Waals surface area contributed by atoms with E-state index in [1.54, 1.807) is 6.92 Å². The number of hydrogen-bond donors (Lipinski definition) is 0. The molecule has 0 radical (unpaired) electrons. The average molecular weight is 155 g/mol. The molecule has 1 aromatic rings. The van der Waals surface area contributed by atoms with Gasteiger partial charge in [-0.1, -0.05) is 0 Å². The van der Waals surface area contributed by atoms with Crippen molar-refractivity contribution >= 4 is 5.97 Å². The van der Waals surface area contributed by atoms with E-state index in [1.165, 1.54) is 12.6 Å². The monoisotopic (exact) mass is 155 g/mol. The van der Waals surface area contributed by atoms with E-state index >= 15 is 0 Å². The van der Waals surface area contributed by atoms with Crippen LogP contribution in [-0.4, -0.2) is 17.6 Å². The molecule has 0 unspecified atom stereocenters. The summed E-state index contributed by atoms with van der Waals surface area (Å²) in [6, 6.07) is 0. The third kappa shape index (κ3) is 2.41. The van der Waals surface area contributed by atoms with Crippen LogP contribution in [0.4, 0.5) is 0 Å². The van der Waals surface area contributed by atoms with Gasteiger partial charge in [-0.15, -0.1) is 0 Å². The van der Waals surface area contributed by atoms with Crippen LogP contribution in [0, 0.1) is 0 Å². The zero-order chi connectivity index (χ0) is 8.10. The van der Waals surface area contributed by atoms with Gasteiger partial charge in [0.1, 0.15) is 12.2 Å². The number of nitrogens with zero attached hydrogens (tertiary/aromatic N) is 1. The zero-order valence-electron chi connectivity index (χ0n) is 6.24. The third-order valence-corrected chi connectivity index (χ3v) is 1.11. The molecule has 1 aromatic heterocycles. The Kier molecular flexibility index (Phi) is 2.66. The van der Waals surface area contributed by atoms with Crippen molar-refractivity contribution < 1.29 is 13.9 Å². The van der Waals surface area contributed by atoms with E-state index in [4.69, 9.17) is 4.42 Å². The van der Waals surface area contributed by atoms with E-state index < -0.39 is 0 Å². The summed E-state index contributed by atoms with van der Waals surface area (Å²) >= 11 is 0. The molecule has 0 aromatic carbocycles. The van der Waals surface area contributed by atoms with E-state index in [9.17, 15) is 4.79 Å². The van der Waals surface area contributed by atoms with Crippen LogP contribution < -0.4 is 0 Å². The lowest BCUT2D eigenvalue weighted by Crippen LogP contribution is -2.06. The average Bonchev–Trinajstić information content (AvgIpc) is 2.40. The van der Waals surface area contributed by atoms with E-state index in [1.807, 2.05) is 0 Å². The van der Waals surface area contributed by atoms with E-state index in [2.05, 4.69) is 9.72 Å². The lowest BCUT2D eigenvalue weighted by atomic mass is 10.4. The van der Waals surface area contributed by atoms with Crippen molar-refractivity contribution in [3.05, 3.63) is 18.4 Å². The van der Waals surface area contributed by atoms with E-state index in [0.29, 0.717) is 12.4 Å². The number of carbonyl (C=O) groups excluding carboxylic acids is 1. The van der Waals surface area contributed by atoms with Crippen LogP contribution in [0.2, 0.25) is 0 Å². The Balaban J connectivity index is 2.37. The number of oxazole rings is 1. The number of hydrogen-bond acceptors (Lipinski definition) is 4. The maximum atomic E-state index is 10.8. The molecule has 11 heavy (non-hydrogen) atoms. The summed E-state index contributed by atoms with van der Waals surface area (Å²) in [5.41, 5.74) is 0. The van der Waals surface area contributed by atoms with E-state index in [0.717, 1.165) is 0 Å². The van der Waals surface area contributed by atoms with Crippen LogP contribution in [0.5, 0.6) is 0 Å². The molecular formula is C7H9NO3. The lowest BCUT2D eigenvalue weighted by molar-refractivity contribution is -0.142. The Morgan fingerprint density at radius 1 is 1.82 bits per heavy atom. The molecule has 0 bridgehead atoms. The number of esters is 1. The van der Waals surface area contributed by atoms with Gasteiger partial charge in [-0.25, -0.2) is 4.98 Å². The second-order valence-corrected chi connectivity index (χ2v) is 1.95. The van der Waals surface area contributed by atoms with Crippen molar-refractivity contribution in [1.29, 1.82) is 0 Å². The highest BCUT2D eigenvalue weighted by Crippen LogP contribution is 1.98. The lowest BCUT2D eigenvalue weighted by Gasteiger charge is -1.96. The molecule has 4 nitrogen and oxygen atoms in total. The van der Waals surface area contributed by atoms with Crippen LogP contribution >= 0.6 is 0 Å². The van der Waals surface area contributed by atoms with Gasteiger partial charge in [-0.3, -0.25) is 4.79 Å². The maximum Gasteiger partial charge on any atom is 0.313 e. The molecule has 0 aliphatic carbocycles. The standard InChI is InChI=1S/C7H9NO3/c1-2-10-7(9)3-6-4-8-5-11-6/h4-5H,2-3H2,1H3. The molecule has 0 saturated carbocycles. The maximum absolute atomic E-state index is 10.8. The van der Waals surface area contributed by atoms with Crippen LogP contribution in [0.25, 0.3) is 0 Å². The molecule has 0 N–H and O–H groups in total. The smallest absolute Gasteiger partial charge is 0.313 e. The Labute approximate surface area is 64.2 Å². The third-order valence-electron chi connectivity index (χ3n) is 1.11. The largest absolute Gasteiger partial charge is 0.466 e. The second kappa shape index (κ2) is 3.75. The first-order valence-corrected chi connectivity index (χ1v) is 3.36. The number of carbonyl (C=O) groups is 1. The van der Waals surface area contributed by atoms with Crippen molar-refractivity contribution in [1.82, 2.24) is 4.98 Å². The Hall–Kier alpha value is -1.32. The van der Waals surface area contributed by atoms with Crippen LogP contribution in [0.3, 0.4) is 0 Å². The predicted octanol–water partition coefficient (Wildman–Crippen LogP) is 0.780. The summed E-state index contributed by atoms with van der Waals surface area (Å²) in [7, 11) is 0. The molecule has 0 aliphatic rings. The molecule has 0 saturated heterocycles. The SMILES string of the molecule is CCOC(=O)Cc1cnco1. The molecule has 0 fully saturated rings. The van der Waals surface area contributed by atoms with Gasteiger partial charge >= 0.3 is 5.97 Å². The normalized spacial score (nSPS) is 9.55. The summed E-state index contributed by atoms with van der Waals surface area (Å²) in [5, 5.41) is 0. The molecule has 0 atom stereocenters. The minimum absolute atomic E-state index is 0.161. The molecule has 1 rings (SSSR count). The molecule has 0 spiro atoms. The summed E-state index contributed by atoms with van der Waals surface area (Å²) in [6.45, 7) is 2.16. The predicted molar refractivity (Wildman–Crippen MR) is 36.8 cm³/mol. The van der Waals surface area contributed by atoms with Gasteiger partial charge in [0.05, 0.1) is 12.8 Å². The van der Waals surface area contributed by atoms with Gasteiger partial charge in [-0.05, 0) is 6.92 Å². The number of ether oxygens (including phenoxy) is 1. The highest BCUT2D eigenvalue weighted by Gasteiger charge is 2.05. The van der Waals surface area contributed by atoms with Gasteiger partial charge in [0.15, 0.2) is 6.39 Å². The highest BCUT2D eigenvalue weighted by atomic mass is 16.5. The molecule has 60 valence electrons. The van der Waals surface area contributed by atoms with Gasteiger partial charge in [0.2, 0.25) is 0 Å². The summed E-state index contributed by atoms with van der Waals surface area (Å²) < 4.78 is 9.53. The fourth-order valence-electron chi connectivity index (χ4n) is 0.684.